The van der Waals surface area contributed by atoms with E-state index < -0.39 is 21.9 Å². The zero-order valence-electron chi connectivity index (χ0n) is 19.7. The number of amides is 1. The Kier molecular flexibility index (Phi) is 6.98. The maximum Gasteiger partial charge on any atom is 0.264 e. The topological polar surface area (TPSA) is 84.9 Å². The number of hydrogen-bond donors (Lipinski definition) is 1. The number of benzene rings is 3. The number of halogens is 1. The Morgan fingerprint density at radius 3 is 2.51 bits per heavy atom. The largest absolute Gasteiger partial charge is 0.497 e. The zero-order chi connectivity index (χ0) is 25.2. The molecular weight excluding hydrogens is 471 g/mol. The van der Waals surface area contributed by atoms with Gasteiger partial charge in [0.15, 0.2) is 6.10 Å². The number of ether oxygens (including phenoxy) is 2. The molecule has 0 fully saturated rings. The summed E-state index contributed by atoms with van der Waals surface area (Å²) in [6.07, 6.45) is -0.155. The smallest absolute Gasteiger partial charge is 0.264 e. The van der Waals surface area contributed by atoms with E-state index in [0.29, 0.717) is 35.5 Å². The molecule has 0 bridgehead atoms. The third kappa shape index (κ3) is 5.40. The third-order valence-corrected chi connectivity index (χ3v) is 7.27. The maximum atomic E-state index is 13.9. The van der Waals surface area contributed by atoms with E-state index in [-0.39, 0.29) is 17.3 Å². The van der Waals surface area contributed by atoms with Crippen molar-refractivity contribution in [2.24, 2.45) is 0 Å². The zero-order valence-corrected chi connectivity index (χ0v) is 20.6. The van der Waals surface area contributed by atoms with E-state index in [9.17, 15) is 17.6 Å². The van der Waals surface area contributed by atoms with Crippen molar-refractivity contribution in [2.75, 3.05) is 11.8 Å². The molecule has 0 spiro atoms. The first kappa shape index (κ1) is 24.5. The number of anilines is 1. The number of carbonyl (C=O) groups excluding carboxylic acids is 1. The number of nitrogens with zero attached hydrogens (tertiary/aromatic N) is 1. The summed E-state index contributed by atoms with van der Waals surface area (Å²) in [5.41, 5.74) is 2.24. The number of aryl methyl sites for hydroxylation is 1. The highest BCUT2D eigenvalue weighted by atomic mass is 32.2. The molecule has 0 saturated heterocycles. The molecule has 0 saturated carbocycles. The van der Waals surface area contributed by atoms with E-state index >= 15 is 0 Å². The van der Waals surface area contributed by atoms with E-state index in [4.69, 9.17) is 9.47 Å². The van der Waals surface area contributed by atoms with Crippen LogP contribution in [0.25, 0.3) is 0 Å². The Morgan fingerprint density at radius 2 is 1.86 bits per heavy atom. The molecule has 35 heavy (non-hydrogen) atoms. The highest BCUT2D eigenvalue weighted by Gasteiger charge is 2.30. The van der Waals surface area contributed by atoms with Crippen molar-refractivity contribution in [3.8, 4) is 11.5 Å². The first-order valence-electron chi connectivity index (χ1n) is 11.2. The van der Waals surface area contributed by atoms with Crippen molar-refractivity contribution < 1.29 is 27.1 Å². The molecule has 184 valence electrons. The first-order chi connectivity index (χ1) is 16.7. The van der Waals surface area contributed by atoms with Crippen molar-refractivity contribution in [1.82, 2.24) is 4.90 Å². The van der Waals surface area contributed by atoms with Gasteiger partial charge < -0.3 is 14.4 Å². The van der Waals surface area contributed by atoms with Crippen molar-refractivity contribution in [3.05, 3.63) is 83.2 Å². The van der Waals surface area contributed by atoms with Crippen LogP contribution in [0.5, 0.6) is 11.5 Å². The molecule has 3 aromatic carbocycles. The lowest BCUT2D eigenvalue weighted by atomic mass is 10.1. The summed E-state index contributed by atoms with van der Waals surface area (Å²) in [5.74, 6) is 0.506. The SMILES string of the molecule is CC[C@H]1Oc2ccc(NS(=O)(=O)c3ccc(C)c(F)c3)cc2CN(Cc2ccc(OC)cc2)C1=O. The number of carbonyl (C=O) groups is 1. The minimum atomic E-state index is -4.01. The molecule has 9 heteroatoms. The molecule has 0 aliphatic carbocycles. The minimum absolute atomic E-state index is 0.142. The summed E-state index contributed by atoms with van der Waals surface area (Å²) >= 11 is 0. The van der Waals surface area contributed by atoms with E-state index in [2.05, 4.69) is 4.72 Å². The summed E-state index contributed by atoms with van der Waals surface area (Å²) in [5, 5.41) is 0. The quantitative estimate of drug-likeness (QED) is 0.513. The van der Waals surface area contributed by atoms with E-state index in [1.54, 1.807) is 37.1 Å². The summed E-state index contributed by atoms with van der Waals surface area (Å²) in [6.45, 7) is 4.04. The molecule has 3 aromatic rings. The second kappa shape index (κ2) is 9.95. The Bertz CT molecular complexity index is 1340. The van der Waals surface area contributed by atoms with Gasteiger partial charge in [0.2, 0.25) is 0 Å². The minimum Gasteiger partial charge on any atom is -0.497 e. The van der Waals surface area contributed by atoms with Crippen LogP contribution < -0.4 is 14.2 Å². The Labute approximate surface area is 204 Å². The van der Waals surface area contributed by atoms with Crippen LogP contribution in [0.15, 0.2) is 65.6 Å². The monoisotopic (exact) mass is 498 g/mol. The van der Waals surface area contributed by atoms with Gasteiger partial charge in [-0.1, -0.05) is 25.1 Å². The summed E-state index contributed by atoms with van der Waals surface area (Å²) < 4.78 is 53.3. The fourth-order valence-electron chi connectivity index (χ4n) is 3.87. The van der Waals surface area contributed by atoms with Crippen LogP contribution in [0, 0.1) is 12.7 Å². The number of nitrogens with one attached hydrogen (secondary N) is 1. The van der Waals surface area contributed by atoms with Gasteiger partial charge in [-0.15, -0.1) is 0 Å². The Balaban J connectivity index is 1.61. The standard InChI is InChI=1S/C26H27FN2O5S/c1-4-24-26(30)29(15-18-6-9-21(33-3)10-7-18)16-19-13-20(8-12-25(19)34-24)28-35(31,32)22-11-5-17(2)23(27)14-22/h5-14,24,28H,4,15-16H2,1-3H3/t24-/m1/s1. The average Bonchev–Trinajstić information content (AvgIpc) is 2.97. The van der Waals surface area contributed by atoms with Gasteiger partial charge in [0.1, 0.15) is 17.3 Å². The molecule has 1 N–H and O–H groups in total. The number of hydrogen-bond acceptors (Lipinski definition) is 5. The normalized spacial score (nSPS) is 15.7. The van der Waals surface area contributed by atoms with Gasteiger partial charge in [-0.05, 0) is 66.9 Å². The molecule has 4 rings (SSSR count). The first-order valence-corrected chi connectivity index (χ1v) is 12.7. The second-order valence-corrected chi connectivity index (χ2v) is 10.1. The summed E-state index contributed by atoms with van der Waals surface area (Å²) in [6, 6.07) is 16.1. The van der Waals surface area contributed by atoms with Gasteiger partial charge in [-0.2, -0.15) is 0 Å². The second-order valence-electron chi connectivity index (χ2n) is 8.40. The molecular formula is C26H27FN2O5S. The number of rotatable bonds is 7. The lowest BCUT2D eigenvalue weighted by molar-refractivity contribution is -0.139. The number of sulfonamides is 1. The lowest BCUT2D eigenvalue weighted by Crippen LogP contribution is -2.38. The third-order valence-electron chi connectivity index (χ3n) is 5.89. The van der Waals surface area contributed by atoms with Crippen LogP contribution >= 0.6 is 0 Å². The van der Waals surface area contributed by atoms with Gasteiger partial charge in [0, 0.05) is 24.3 Å². The number of methoxy groups -OCH3 is 1. The van der Waals surface area contributed by atoms with Crippen molar-refractivity contribution in [1.29, 1.82) is 0 Å². The predicted molar refractivity (Wildman–Crippen MR) is 130 cm³/mol. The van der Waals surface area contributed by atoms with E-state index in [0.717, 1.165) is 17.4 Å². The van der Waals surface area contributed by atoms with Gasteiger partial charge in [-0.25, -0.2) is 12.8 Å². The molecule has 1 aliphatic heterocycles. The fraction of sp³-hybridized carbons (Fsp3) is 0.269. The van der Waals surface area contributed by atoms with Crippen LogP contribution in [0.4, 0.5) is 10.1 Å². The molecule has 0 aromatic heterocycles. The molecule has 0 unspecified atom stereocenters. The molecule has 1 amide bonds. The van der Waals surface area contributed by atoms with Crippen LogP contribution in [0.1, 0.15) is 30.0 Å². The predicted octanol–water partition coefficient (Wildman–Crippen LogP) is 4.64. The van der Waals surface area contributed by atoms with Crippen molar-refractivity contribution >= 4 is 21.6 Å². The van der Waals surface area contributed by atoms with Crippen molar-refractivity contribution in [3.63, 3.8) is 0 Å². The lowest BCUT2D eigenvalue weighted by Gasteiger charge is -2.23. The van der Waals surface area contributed by atoms with Gasteiger partial charge in [0.25, 0.3) is 15.9 Å². The van der Waals surface area contributed by atoms with Crippen LogP contribution in [0.3, 0.4) is 0 Å². The van der Waals surface area contributed by atoms with Crippen LogP contribution in [-0.4, -0.2) is 32.4 Å². The van der Waals surface area contributed by atoms with Gasteiger partial charge >= 0.3 is 0 Å². The van der Waals surface area contributed by atoms with Gasteiger partial charge in [-0.3, -0.25) is 9.52 Å². The van der Waals surface area contributed by atoms with Gasteiger partial charge in [0.05, 0.1) is 12.0 Å². The fourth-order valence-corrected chi connectivity index (χ4v) is 4.93. The average molecular weight is 499 g/mol. The molecule has 0 radical (unpaired) electrons. The Hall–Kier alpha value is -3.59. The van der Waals surface area contributed by atoms with Crippen LogP contribution in [0.2, 0.25) is 0 Å². The molecule has 1 aliphatic rings. The highest BCUT2D eigenvalue weighted by molar-refractivity contribution is 7.92. The maximum absolute atomic E-state index is 13.9. The number of fused-ring (bicyclic) bond motifs is 1. The molecule has 1 atom stereocenters. The molecule has 7 nitrogen and oxygen atoms in total. The van der Waals surface area contributed by atoms with E-state index in [1.165, 1.54) is 12.1 Å². The summed E-state index contributed by atoms with van der Waals surface area (Å²) in [4.78, 5) is 14.7. The van der Waals surface area contributed by atoms with E-state index in [1.807, 2.05) is 31.2 Å². The van der Waals surface area contributed by atoms with Crippen molar-refractivity contribution in [2.45, 2.75) is 44.4 Å². The summed E-state index contributed by atoms with van der Waals surface area (Å²) in [7, 11) is -2.41. The Morgan fingerprint density at radius 1 is 1.11 bits per heavy atom. The molecule has 1 heterocycles. The van der Waals surface area contributed by atoms with Crippen LogP contribution in [-0.2, 0) is 27.9 Å². The highest BCUT2D eigenvalue weighted by Crippen LogP contribution is 2.31.